The lowest BCUT2D eigenvalue weighted by Crippen LogP contribution is -2.41. The van der Waals surface area contributed by atoms with Crippen LogP contribution in [0.4, 0.5) is 5.82 Å². The van der Waals surface area contributed by atoms with E-state index in [2.05, 4.69) is 15.0 Å². The maximum atomic E-state index is 11.5. The number of anilines is 1. The molecule has 1 aromatic heterocycles. The molecule has 0 aromatic carbocycles. The molecule has 1 saturated heterocycles. The first kappa shape index (κ1) is 14.3. The molecule has 0 bridgehead atoms. The summed E-state index contributed by atoms with van der Waals surface area (Å²) in [7, 11) is 1.35. The molecule has 0 spiro atoms. The Labute approximate surface area is 118 Å². The second-order valence-electron chi connectivity index (χ2n) is 4.85. The van der Waals surface area contributed by atoms with Gasteiger partial charge in [-0.3, -0.25) is 4.79 Å². The molecule has 1 aliphatic rings. The van der Waals surface area contributed by atoms with Crippen LogP contribution in [0.3, 0.4) is 0 Å². The third kappa shape index (κ3) is 3.46. The highest BCUT2D eigenvalue weighted by Gasteiger charge is 2.20. The molecule has 0 radical (unpaired) electrons. The fourth-order valence-electron chi connectivity index (χ4n) is 2.30. The van der Waals surface area contributed by atoms with E-state index >= 15 is 0 Å². The summed E-state index contributed by atoms with van der Waals surface area (Å²) < 4.78 is 4.68. The molecule has 1 aromatic rings. The molecule has 2 heterocycles. The van der Waals surface area contributed by atoms with Crippen molar-refractivity contribution in [2.45, 2.75) is 25.8 Å². The zero-order valence-electron chi connectivity index (χ0n) is 11.8. The number of piperidine rings is 1. The Morgan fingerprint density at radius 3 is 2.70 bits per heavy atom. The van der Waals surface area contributed by atoms with Gasteiger partial charge >= 0.3 is 5.97 Å². The molecular weight excluding hydrogens is 258 g/mol. The van der Waals surface area contributed by atoms with E-state index in [1.807, 2.05) is 4.90 Å². The van der Waals surface area contributed by atoms with Gasteiger partial charge in [-0.15, -0.1) is 0 Å². The zero-order chi connectivity index (χ0) is 14.5. The van der Waals surface area contributed by atoms with Crippen LogP contribution in [-0.4, -0.2) is 48.0 Å². The highest BCUT2D eigenvalue weighted by Crippen LogP contribution is 2.16. The average Bonchev–Trinajstić information content (AvgIpc) is 2.47. The predicted molar refractivity (Wildman–Crippen MR) is 74.5 cm³/mol. The lowest BCUT2D eigenvalue weighted by atomic mass is 10.0. The molecule has 1 amide bonds. The van der Waals surface area contributed by atoms with Crippen LogP contribution >= 0.6 is 0 Å². The second-order valence-corrected chi connectivity index (χ2v) is 4.85. The van der Waals surface area contributed by atoms with Crippen LogP contribution in [0.25, 0.3) is 0 Å². The Hall–Kier alpha value is -2.11. The van der Waals surface area contributed by atoms with Crippen LogP contribution in [0.15, 0.2) is 18.3 Å². The number of ether oxygens (including phenoxy) is 1. The summed E-state index contributed by atoms with van der Waals surface area (Å²) in [5.74, 6) is 0.408. The van der Waals surface area contributed by atoms with Crippen molar-refractivity contribution < 1.29 is 14.3 Å². The zero-order valence-corrected chi connectivity index (χ0v) is 11.8. The van der Waals surface area contributed by atoms with Gasteiger partial charge in [-0.25, -0.2) is 9.78 Å². The number of methoxy groups -OCH3 is 1. The highest BCUT2D eigenvalue weighted by molar-refractivity contribution is 5.90. The third-order valence-electron chi connectivity index (χ3n) is 3.47. The van der Waals surface area contributed by atoms with Crippen LogP contribution in [0, 0.1) is 0 Å². The Morgan fingerprint density at radius 1 is 1.40 bits per heavy atom. The molecule has 6 nitrogen and oxygen atoms in total. The number of amides is 1. The van der Waals surface area contributed by atoms with Gasteiger partial charge in [-0.2, -0.15) is 0 Å². The van der Waals surface area contributed by atoms with Gasteiger partial charge < -0.3 is 15.0 Å². The monoisotopic (exact) mass is 277 g/mol. The summed E-state index contributed by atoms with van der Waals surface area (Å²) in [4.78, 5) is 28.8. The van der Waals surface area contributed by atoms with Crippen molar-refractivity contribution in [3.63, 3.8) is 0 Å². The first-order valence-corrected chi connectivity index (χ1v) is 6.66. The summed E-state index contributed by atoms with van der Waals surface area (Å²) in [5.41, 5.74) is 0.478. The molecule has 0 atom stereocenters. The van der Waals surface area contributed by atoms with Crippen molar-refractivity contribution in [2.24, 2.45) is 0 Å². The molecule has 1 fully saturated rings. The van der Waals surface area contributed by atoms with Crippen molar-refractivity contribution in [2.75, 3.05) is 25.5 Å². The highest BCUT2D eigenvalue weighted by atomic mass is 16.5. The van der Waals surface area contributed by atoms with Crippen molar-refractivity contribution in [1.29, 1.82) is 0 Å². The number of carbonyl (C=O) groups is 2. The van der Waals surface area contributed by atoms with Crippen LogP contribution in [0.1, 0.15) is 30.1 Å². The Balaban J connectivity index is 1.94. The number of esters is 1. The summed E-state index contributed by atoms with van der Waals surface area (Å²) in [6.07, 6.45) is 3.34. The Morgan fingerprint density at radius 2 is 2.10 bits per heavy atom. The number of carbonyl (C=O) groups excluding carboxylic acids is 2. The number of rotatable bonds is 3. The van der Waals surface area contributed by atoms with E-state index in [4.69, 9.17) is 0 Å². The number of hydrogen-bond acceptors (Lipinski definition) is 5. The van der Waals surface area contributed by atoms with Gasteiger partial charge in [0.15, 0.2) is 0 Å². The van der Waals surface area contributed by atoms with Crippen LogP contribution in [-0.2, 0) is 9.53 Å². The minimum atomic E-state index is -0.373. The SMILES string of the molecule is COC(=O)c1ccnc(NC2CCN(C(C)=O)CC2)c1. The van der Waals surface area contributed by atoms with Crippen LogP contribution in [0.2, 0.25) is 0 Å². The van der Waals surface area contributed by atoms with Gasteiger partial charge in [-0.05, 0) is 25.0 Å². The van der Waals surface area contributed by atoms with Gasteiger partial charge in [-0.1, -0.05) is 0 Å². The molecule has 1 aliphatic heterocycles. The molecule has 20 heavy (non-hydrogen) atoms. The summed E-state index contributed by atoms with van der Waals surface area (Å²) in [6, 6.07) is 3.57. The van der Waals surface area contributed by atoms with Gasteiger partial charge in [0.1, 0.15) is 5.82 Å². The van der Waals surface area contributed by atoms with Gasteiger partial charge in [0.25, 0.3) is 0 Å². The van der Waals surface area contributed by atoms with Crippen molar-refractivity contribution in [3.05, 3.63) is 23.9 Å². The maximum absolute atomic E-state index is 11.5. The number of aromatic nitrogens is 1. The van der Waals surface area contributed by atoms with E-state index in [1.165, 1.54) is 7.11 Å². The maximum Gasteiger partial charge on any atom is 0.338 e. The van der Waals surface area contributed by atoms with Gasteiger partial charge in [0.2, 0.25) is 5.91 Å². The van der Waals surface area contributed by atoms with Crippen LogP contribution < -0.4 is 5.32 Å². The lowest BCUT2D eigenvalue weighted by molar-refractivity contribution is -0.129. The third-order valence-corrected chi connectivity index (χ3v) is 3.47. The molecule has 0 unspecified atom stereocenters. The minimum Gasteiger partial charge on any atom is -0.465 e. The quantitative estimate of drug-likeness (QED) is 0.843. The number of pyridine rings is 1. The number of likely N-dealkylation sites (tertiary alicyclic amines) is 1. The van der Waals surface area contributed by atoms with Crippen LogP contribution in [0.5, 0.6) is 0 Å². The standard InChI is InChI=1S/C14H19N3O3/c1-10(18)17-7-4-12(5-8-17)16-13-9-11(3-6-15-13)14(19)20-2/h3,6,9,12H,4-5,7-8H2,1-2H3,(H,15,16). The summed E-state index contributed by atoms with van der Waals surface area (Å²) in [5, 5.41) is 3.30. The van der Waals surface area contributed by atoms with E-state index in [0.717, 1.165) is 25.9 Å². The van der Waals surface area contributed by atoms with E-state index in [9.17, 15) is 9.59 Å². The molecule has 108 valence electrons. The molecular formula is C14H19N3O3. The molecule has 0 aliphatic carbocycles. The fourth-order valence-corrected chi connectivity index (χ4v) is 2.30. The first-order valence-electron chi connectivity index (χ1n) is 6.66. The van der Waals surface area contributed by atoms with E-state index in [1.54, 1.807) is 25.3 Å². The predicted octanol–water partition coefficient (Wildman–Crippen LogP) is 1.29. The molecule has 6 heteroatoms. The van der Waals surface area contributed by atoms with Gasteiger partial charge in [0, 0.05) is 32.3 Å². The second kappa shape index (κ2) is 6.36. The van der Waals surface area contributed by atoms with Crippen molar-refractivity contribution in [3.8, 4) is 0 Å². The topological polar surface area (TPSA) is 71.5 Å². The van der Waals surface area contributed by atoms with E-state index in [-0.39, 0.29) is 17.9 Å². The van der Waals surface area contributed by atoms with Gasteiger partial charge in [0.05, 0.1) is 12.7 Å². The fraction of sp³-hybridized carbons (Fsp3) is 0.500. The number of nitrogens with one attached hydrogen (secondary N) is 1. The summed E-state index contributed by atoms with van der Waals surface area (Å²) in [6.45, 7) is 3.10. The normalized spacial score (nSPS) is 15.8. The average molecular weight is 277 g/mol. The minimum absolute atomic E-state index is 0.120. The Bertz CT molecular complexity index is 496. The molecule has 2 rings (SSSR count). The lowest BCUT2D eigenvalue weighted by Gasteiger charge is -2.31. The molecule has 0 saturated carbocycles. The van der Waals surface area contributed by atoms with Crippen molar-refractivity contribution in [1.82, 2.24) is 9.88 Å². The largest absolute Gasteiger partial charge is 0.465 e. The number of hydrogen-bond donors (Lipinski definition) is 1. The van der Waals surface area contributed by atoms with Crippen molar-refractivity contribution >= 4 is 17.7 Å². The summed E-state index contributed by atoms with van der Waals surface area (Å²) >= 11 is 0. The molecule has 1 N–H and O–H groups in total. The van der Waals surface area contributed by atoms with E-state index < -0.39 is 0 Å². The number of nitrogens with zero attached hydrogens (tertiary/aromatic N) is 2. The smallest absolute Gasteiger partial charge is 0.338 e. The van der Waals surface area contributed by atoms with E-state index in [0.29, 0.717) is 11.4 Å². The Kier molecular flexibility index (Phi) is 4.55. The first-order chi connectivity index (χ1) is 9.60.